The molecule has 0 atom stereocenters. The zero-order valence-electron chi connectivity index (χ0n) is 10.4. The summed E-state index contributed by atoms with van der Waals surface area (Å²) in [5.41, 5.74) is 0.428. The Kier molecular flexibility index (Phi) is 3.91. The Morgan fingerprint density at radius 3 is 2.25 bits per heavy atom. The maximum absolute atomic E-state index is 11.4. The summed E-state index contributed by atoms with van der Waals surface area (Å²) >= 11 is 0. The molecule has 100 valence electrons. The van der Waals surface area contributed by atoms with Gasteiger partial charge in [-0.15, -0.1) is 0 Å². The molecule has 0 amide bonds. The molecule has 0 saturated heterocycles. The van der Waals surface area contributed by atoms with Gasteiger partial charge in [0.25, 0.3) is 5.69 Å². The van der Waals surface area contributed by atoms with Crippen LogP contribution in [0.1, 0.15) is 11.1 Å². The zero-order chi connectivity index (χ0) is 14.5. The minimum Gasteiger partial charge on any atom is -0.478 e. The molecule has 0 aliphatic rings. The van der Waals surface area contributed by atoms with Gasteiger partial charge in [-0.2, -0.15) is 0 Å². The van der Waals surface area contributed by atoms with Crippen molar-refractivity contribution in [1.29, 1.82) is 0 Å². The fourth-order valence-electron chi connectivity index (χ4n) is 1.83. The Morgan fingerprint density at radius 1 is 1.05 bits per heavy atom. The average Bonchev–Trinajstić information content (AvgIpc) is 2.45. The molecule has 20 heavy (non-hydrogen) atoms. The van der Waals surface area contributed by atoms with Crippen molar-refractivity contribution in [2.75, 3.05) is 0 Å². The molecule has 2 aromatic rings. The van der Waals surface area contributed by atoms with Crippen molar-refractivity contribution >= 4 is 23.3 Å². The quantitative estimate of drug-likeness (QED) is 0.400. The molecule has 2 rings (SSSR count). The number of carboxylic acid groups (broad SMARTS) is 1. The Balaban J connectivity index is 2.59. The lowest BCUT2D eigenvalue weighted by molar-refractivity contribution is -0.385. The number of nitro benzene ring substituents is 1. The first-order chi connectivity index (χ1) is 9.59. The molecule has 5 heteroatoms. The van der Waals surface area contributed by atoms with Crippen LogP contribution < -0.4 is 0 Å². The number of carboxylic acids is 1. The smallest absolute Gasteiger partial charge is 0.336 e. The first-order valence-electron chi connectivity index (χ1n) is 5.83. The predicted molar refractivity (Wildman–Crippen MR) is 75.0 cm³/mol. The van der Waals surface area contributed by atoms with Crippen LogP contribution in [-0.2, 0) is 4.79 Å². The number of hydrogen-bond acceptors (Lipinski definition) is 3. The van der Waals surface area contributed by atoms with E-state index in [4.69, 9.17) is 0 Å². The number of hydrogen-bond donors (Lipinski definition) is 1. The normalized spacial score (nSPS) is 11.1. The number of benzene rings is 2. The molecule has 0 spiro atoms. The average molecular weight is 269 g/mol. The molecule has 0 aromatic heterocycles. The molecule has 2 aromatic carbocycles. The molecule has 0 unspecified atom stereocenters. The van der Waals surface area contributed by atoms with E-state index in [1.165, 1.54) is 24.3 Å². The van der Waals surface area contributed by atoms with Gasteiger partial charge in [0.1, 0.15) is 0 Å². The SMILES string of the molecule is O=C(O)C(=Cc1ccccc1)c1ccccc1[N+](=O)[O-]. The lowest BCUT2D eigenvalue weighted by atomic mass is 10.0. The molecule has 0 aliphatic carbocycles. The third kappa shape index (κ3) is 2.89. The van der Waals surface area contributed by atoms with Crippen LogP contribution in [0.5, 0.6) is 0 Å². The highest BCUT2D eigenvalue weighted by Crippen LogP contribution is 2.27. The minimum atomic E-state index is -1.21. The van der Waals surface area contributed by atoms with E-state index in [1.54, 1.807) is 30.3 Å². The van der Waals surface area contributed by atoms with Crippen molar-refractivity contribution in [2.24, 2.45) is 0 Å². The van der Waals surface area contributed by atoms with E-state index in [0.717, 1.165) is 0 Å². The lowest BCUT2D eigenvalue weighted by Gasteiger charge is -2.04. The van der Waals surface area contributed by atoms with Crippen molar-refractivity contribution in [3.63, 3.8) is 0 Å². The maximum atomic E-state index is 11.4. The fourth-order valence-corrected chi connectivity index (χ4v) is 1.83. The predicted octanol–water partition coefficient (Wildman–Crippen LogP) is 3.22. The molecule has 0 fully saturated rings. The molecule has 0 bridgehead atoms. The summed E-state index contributed by atoms with van der Waals surface area (Å²) in [5, 5.41) is 20.3. The monoisotopic (exact) mass is 269 g/mol. The highest BCUT2D eigenvalue weighted by Gasteiger charge is 2.20. The van der Waals surface area contributed by atoms with Gasteiger partial charge in [-0.25, -0.2) is 4.79 Å². The maximum Gasteiger partial charge on any atom is 0.336 e. The second-order valence-electron chi connectivity index (χ2n) is 4.05. The first-order valence-corrected chi connectivity index (χ1v) is 5.83. The standard InChI is InChI=1S/C15H11NO4/c17-15(18)13(10-11-6-2-1-3-7-11)12-8-4-5-9-14(12)16(19)20/h1-10H,(H,17,18). The van der Waals surface area contributed by atoms with Gasteiger partial charge in [-0.1, -0.05) is 42.5 Å². The summed E-state index contributed by atoms with van der Waals surface area (Å²) in [5.74, 6) is -1.21. The van der Waals surface area contributed by atoms with Crippen molar-refractivity contribution in [3.05, 3.63) is 75.8 Å². The molecule has 0 aliphatic heterocycles. The van der Waals surface area contributed by atoms with Gasteiger partial charge in [0.15, 0.2) is 0 Å². The van der Waals surface area contributed by atoms with E-state index in [0.29, 0.717) is 5.56 Å². The van der Waals surface area contributed by atoms with Gasteiger partial charge in [0, 0.05) is 6.07 Å². The van der Waals surface area contributed by atoms with Crippen molar-refractivity contribution in [2.45, 2.75) is 0 Å². The summed E-state index contributed by atoms with van der Waals surface area (Å²) in [6.07, 6.45) is 1.42. The zero-order valence-corrected chi connectivity index (χ0v) is 10.4. The number of nitrogens with zero attached hydrogens (tertiary/aromatic N) is 1. The summed E-state index contributed by atoms with van der Waals surface area (Å²) in [6, 6.07) is 14.6. The Labute approximate surface area is 115 Å². The van der Waals surface area contributed by atoms with Gasteiger partial charge in [-0.05, 0) is 17.7 Å². The molecule has 5 nitrogen and oxygen atoms in total. The van der Waals surface area contributed by atoms with Crippen LogP contribution in [0.15, 0.2) is 54.6 Å². The number of aliphatic carboxylic acids is 1. The van der Waals surface area contributed by atoms with Gasteiger partial charge in [0.2, 0.25) is 0 Å². The Hall–Kier alpha value is -2.95. The molecule has 1 N–H and O–H groups in total. The third-order valence-electron chi connectivity index (χ3n) is 2.73. The number of para-hydroxylation sites is 1. The van der Waals surface area contributed by atoms with Gasteiger partial charge in [0.05, 0.1) is 16.1 Å². The van der Waals surface area contributed by atoms with E-state index in [9.17, 15) is 20.0 Å². The topological polar surface area (TPSA) is 80.4 Å². The first kappa shape index (κ1) is 13.5. The Morgan fingerprint density at radius 2 is 1.65 bits per heavy atom. The molecular formula is C15H11NO4. The van der Waals surface area contributed by atoms with E-state index >= 15 is 0 Å². The van der Waals surface area contributed by atoms with E-state index in [-0.39, 0.29) is 16.8 Å². The van der Waals surface area contributed by atoms with E-state index < -0.39 is 10.9 Å². The van der Waals surface area contributed by atoms with Gasteiger partial charge in [-0.3, -0.25) is 10.1 Å². The largest absolute Gasteiger partial charge is 0.478 e. The fraction of sp³-hybridized carbons (Fsp3) is 0. The van der Waals surface area contributed by atoms with Crippen LogP contribution in [0, 0.1) is 10.1 Å². The molecular weight excluding hydrogens is 258 g/mol. The van der Waals surface area contributed by atoms with Crippen molar-refractivity contribution < 1.29 is 14.8 Å². The van der Waals surface area contributed by atoms with E-state index in [1.807, 2.05) is 6.07 Å². The summed E-state index contributed by atoms with van der Waals surface area (Å²) < 4.78 is 0. The second kappa shape index (κ2) is 5.79. The van der Waals surface area contributed by atoms with Crippen LogP contribution >= 0.6 is 0 Å². The molecule has 0 heterocycles. The Bertz CT molecular complexity index is 677. The van der Waals surface area contributed by atoms with Gasteiger partial charge >= 0.3 is 5.97 Å². The van der Waals surface area contributed by atoms with Crippen molar-refractivity contribution in [3.8, 4) is 0 Å². The number of rotatable bonds is 4. The van der Waals surface area contributed by atoms with Crippen molar-refractivity contribution in [1.82, 2.24) is 0 Å². The third-order valence-corrected chi connectivity index (χ3v) is 2.73. The van der Waals surface area contributed by atoms with Crippen LogP contribution in [0.2, 0.25) is 0 Å². The number of carbonyl (C=O) groups is 1. The molecule has 0 saturated carbocycles. The summed E-state index contributed by atoms with van der Waals surface area (Å²) in [6.45, 7) is 0. The highest BCUT2D eigenvalue weighted by atomic mass is 16.6. The lowest BCUT2D eigenvalue weighted by Crippen LogP contribution is -2.03. The summed E-state index contributed by atoms with van der Waals surface area (Å²) in [4.78, 5) is 21.8. The van der Waals surface area contributed by atoms with Crippen LogP contribution in [-0.4, -0.2) is 16.0 Å². The second-order valence-corrected chi connectivity index (χ2v) is 4.05. The summed E-state index contributed by atoms with van der Waals surface area (Å²) in [7, 11) is 0. The van der Waals surface area contributed by atoms with Crippen LogP contribution in [0.3, 0.4) is 0 Å². The van der Waals surface area contributed by atoms with Crippen LogP contribution in [0.25, 0.3) is 11.6 Å². The van der Waals surface area contributed by atoms with Crippen LogP contribution in [0.4, 0.5) is 5.69 Å². The highest BCUT2D eigenvalue weighted by molar-refractivity contribution is 6.21. The van der Waals surface area contributed by atoms with E-state index in [2.05, 4.69) is 0 Å². The molecule has 0 radical (unpaired) electrons. The number of nitro groups is 1. The van der Waals surface area contributed by atoms with Gasteiger partial charge < -0.3 is 5.11 Å². The minimum absolute atomic E-state index is 0.0915.